The van der Waals surface area contributed by atoms with Gasteiger partial charge in [0.05, 0.1) is 17.2 Å². The Kier molecular flexibility index (Phi) is 3.17. The van der Waals surface area contributed by atoms with Crippen LogP contribution >= 0.6 is 15.9 Å². The summed E-state index contributed by atoms with van der Waals surface area (Å²) in [7, 11) is 0. The van der Waals surface area contributed by atoms with Gasteiger partial charge in [-0.25, -0.2) is 0 Å². The zero-order chi connectivity index (χ0) is 20.7. The highest BCUT2D eigenvalue weighted by Gasteiger charge is 2.52. The molecular weight excluding hydrogens is 446 g/mol. The summed E-state index contributed by atoms with van der Waals surface area (Å²) in [5.74, 6) is 0. The summed E-state index contributed by atoms with van der Waals surface area (Å²) in [6, 6.07) is 30.3. The summed E-state index contributed by atoms with van der Waals surface area (Å²) in [4.78, 5) is 0. The molecule has 3 heteroatoms. The monoisotopic (exact) mass is 459 g/mol. The van der Waals surface area contributed by atoms with Crippen LogP contribution in [-0.2, 0) is 5.41 Å². The number of benzene rings is 4. The van der Waals surface area contributed by atoms with Crippen LogP contribution in [0.5, 0.6) is 0 Å². The van der Waals surface area contributed by atoms with Crippen molar-refractivity contribution in [3.8, 4) is 28.3 Å². The molecule has 1 heterocycles. The lowest BCUT2D eigenvalue weighted by molar-refractivity contribution is 0.614. The first kappa shape index (κ1) is 17.1. The van der Waals surface area contributed by atoms with Gasteiger partial charge in [0.15, 0.2) is 5.58 Å². The lowest BCUT2D eigenvalue weighted by Gasteiger charge is -2.30. The minimum atomic E-state index is -0.460. The summed E-state index contributed by atoms with van der Waals surface area (Å²) < 4.78 is 6.81. The minimum Gasteiger partial charge on any atom is -0.463 e. The maximum absolute atomic E-state index is 9.95. The van der Waals surface area contributed by atoms with E-state index in [0.717, 1.165) is 21.0 Å². The Morgan fingerprint density at radius 1 is 0.742 bits per heavy atom. The Morgan fingerprint density at radius 3 is 2.16 bits per heavy atom. The molecule has 4 aromatic carbocycles. The van der Waals surface area contributed by atoms with Gasteiger partial charge in [0.1, 0.15) is 6.07 Å². The highest BCUT2D eigenvalue weighted by molar-refractivity contribution is 9.10. The lowest BCUT2D eigenvalue weighted by Crippen LogP contribution is -2.26. The number of halogens is 1. The van der Waals surface area contributed by atoms with Gasteiger partial charge in [-0.3, -0.25) is 0 Å². The third-order valence-corrected chi connectivity index (χ3v) is 7.36. The zero-order valence-electron chi connectivity index (χ0n) is 16.3. The molecule has 2 aliphatic rings. The second-order valence-electron chi connectivity index (χ2n) is 8.15. The number of nitriles is 1. The number of hydrogen-bond acceptors (Lipinski definition) is 2. The van der Waals surface area contributed by atoms with Gasteiger partial charge in [-0.2, -0.15) is 5.26 Å². The summed E-state index contributed by atoms with van der Waals surface area (Å²) in [6.07, 6.45) is 1.69. The molecule has 0 saturated heterocycles. The van der Waals surface area contributed by atoms with E-state index in [4.69, 9.17) is 4.42 Å². The van der Waals surface area contributed by atoms with E-state index in [-0.39, 0.29) is 0 Å². The Bertz CT molecular complexity index is 1570. The smallest absolute Gasteiger partial charge is 0.152 e. The molecule has 144 valence electrons. The second-order valence-corrected chi connectivity index (χ2v) is 9.07. The Hall–Kier alpha value is -3.61. The van der Waals surface area contributed by atoms with Gasteiger partial charge in [0.2, 0.25) is 0 Å². The van der Waals surface area contributed by atoms with Gasteiger partial charge < -0.3 is 4.42 Å². The highest BCUT2D eigenvalue weighted by atomic mass is 79.9. The fourth-order valence-electron chi connectivity index (χ4n) is 5.82. The van der Waals surface area contributed by atoms with Crippen molar-refractivity contribution in [1.82, 2.24) is 0 Å². The number of furan rings is 1. The molecule has 2 aliphatic carbocycles. The predicted octanol–water partition coefficient (Wildman–Crippen LogP) is 7.41. The first-order valence-electron chi connectivity index (χ1n) is 10.2. The first-order valence-corrected chi connectivity index (χ1v) is 11.0. The van der Waals surface area contributed by atoms with E-state index in [1.807, 2.05) is 12.1 Å². The molecule has 0 unspecified atom stereocenters. The van der Waals surface area contributed by atoms with E-state index in [9.17, 15) is 5.26 Å². The third-order valence-electron chi connectivity index (χ3n) is 6.87. The topological polar surface area (TPSA) is 36.9 Å². The summed E-state index contributed by atoms with van der Waals surface area (Å²) in [6.45, 7) is 0. The van der Waals surface area contributed by atoms with Crippen LogP contribution in [0.3, 0.4) is 0 Å². The Balaban J connectivity index is 1.78. The fraction of sp³-hybridized carbons (Fsp3) is 0.0357. The van der Waals surface area contributed by atoms with Crippen LogP contribution in [0.2, 0.25) is 0 Å². The maximum atomic E-state index is 9.95. The average Bonchev–Trinajstić information content (AvgIpc) is 3.47. The van der Waals surface area contributed by atoms with Gasteiger partial charge in [0.25, 0.3) is 0 Å². The molecule has 0 fully saturated rings. The van der Waals surface area contributed by atoms with Crippen LogP contribution in [0.4, 0.5) is 0 Å². The predicted molar refractivity (Wildman–Crippen MR) is 125 cm³/mol. The van der Waals surface area contributed by atoms with E-state index in [0.29, 0.717) is 11.1 Å². The van der Waals surface area contributed by atoms with E-state index in [1.165, 1.54) is 33.4 Å². The molecule has 0 radical (unpaired) electrons. The molecule has 1 aromatic heterocycles. The standard InChI is InChI=1S/C28H14BrNO/c29-17-9-10-20-24(14-17)28(25-13-16(15-30)27-21(26(20)25)11-12-31-27)22-7-3-1-5-18(22)19-6-2-4-8-23(19)28/h1-14H. The molecule has 0 atom stereocenters. The molecule has 0 aliphatic heterocycles. The van der Waals surface area contributed by atoms with E-state index < -0.39 is 5.41 Å². The second kappa shape index (κ2) is 5.75. The maximum Gasteiger partial charge on any atom is 0.152 e. The molecule has 0 amide bonds. The van der Waals surface area contributed by atoms with Crippen molar-refractivity contribution in [2.75, 3.05) is 0 Å². The molecule has 7 rings (SSSR count). The molecule has 0 N–H and O–H groups in total. The molecule has 31 heavy (non-hydrogen) atoms. The van der Waals surface area contributed by atoms with Crippen molar-refractivity contribution >= 4 is 26.9 Å². The highest BCUT2D eigenvalue weighted by Crippen LogP contribution is 2.64. The van der Waals surface area contributed by atoms with Gasteiger partial charge in [-0.05, 0) is 68.8 Å². The van der Waals surface area contributed by atoms with Crippen molar-refractivity contribution in [3.05, 3.63) is 117 Å². The number of nitrogens with zero attached hydrogens (tertiary/aromatic N) is 1. The zero-order valence-corrected chi connectivity index (χ0v) is 17.9. The Labute approximate surface area is 187 Å². The van der Waals surface area contributed by atoms with Crippen molar-refractivity contribution in [2.24, 2.45) is 0 Å². The summed E-state index contributed by atoms with van der Waals surface area (Å²) >= 11 is 3.72. The minimum absolute atomic E-state index is 0.460. The fourth-order valence-corrected chi connectivity index (χ4v) is 6.18. The molecule has 2 nitrogen and oxygen atoms in total. The lowest BCUT2D eigenvalue weighted by atomic mass is 9.70. The van der Waals surface area contributed by atoms with Gasteiger partial charge >= 0.3 is 0 Å². The summed E-state index contributed by atoms with van der Waals surface area (Å²) in [5, 5.41) is 10.9. The van der Waals surface area contributed by atoms with Crippen LogP contribution in [0, 0.1) is 11.3 Å². The molecule has 1 spiro atoms. The average molecular weight is 460 g/mol. The summed E-state index contributed by atoms with van der Waals surface area (Å²) in [5.41, 5.74) is 10.6. The van der Waals surface area contributed by atoms with Crippen LogP contribution in [0.15, 0.2) is 94.0 Å². The third kappa shape index (κ3) is 1.88. The van der Waals surface area contributed by atoms with E-state index >= 15 is 0 Å². The Morgan fingerprint density at radius 2 is 1.45 bits per heavy atom. The number of rotatable bonds is 0. The normalized spacial score (nSPS) is 14.2. The van der Waals surface area contributed by atoms with E-state index in [2.05, 4.69) is 88.7 Å². The number of fused-ring (bicyclic) bond motifs is 12. The van der Waals surface area contributed by atoms with E-state index in [1.54, 1.807) is 6.26 Å². The van der Waals surface area contributed by atoms with Crippen LogP contribution in [0.1, 0.15) is 27.8 Å². The van der Waals surface area contributed by atoms with Crippen LogP contribution in [-0.4, -0.2) is 0 Å². The largest absolute Gasteiger partial charge is 0.463 e. The quantitative estimate of drug-likeness (QED) is 0.236. The van der Waals surface area contributed by atoms with Crippen molar-refractivity contribution in [1.29, 1.82) is 5.26 Å². The van der Waals surface area contributed by atoms with Crippen molar-refractivity contribution in [3.63, 3.8) is 0 Å². The van der Waals surface area contributed by atoms with Crippen molar-refractivity contribution in [2.45, 2.75) is 5.41 Å². The van der Waals surface area contributed by atoms with Gasteiger partial charge in [0, 0.05) is 9.86 Å². The van der Waals surface area contributed by atoms with Crippen molar-refractivity contribution < 1.29 is 4.42 Å². The molecule has 5 aromatic rings. The molecule has 0 saturated carbocycles. The van der Waals surface area contributed by atoms with Crippen LogP contribution in [0.25, 0.3) is 33.2 Å². The molecular formula is C28H14BrNO. The van der Waals surface area contributed by atoms with Gasteiger partial charge in [-0.1, -0.05) is 70.5 Å². The van der Waals surface area contributed by atoms with Crippen LogP contribution < -0.4 is 0 Å². The van der Waals surface area contributed by atoms with Gasteiger partial charge in [-0.15, -0.1) is 0 Å². The molecule has 0 bridgehead atoms. The number of hydrogen-bond donors (Lipinski definition) is 0. The SMILES string of the molecule is N#Cc1cc2c(c3ccoc13)-c1ccc(Br)cc1C21c2ccccc2-c2ccccc21. The first-order chi connectivity index (χ1) is 15.2.